The Kier molecular flexibility index (Phi) is 6.27. The van der Waals surface area contributed by atoms with Crippen molar-refractivity contribution in [3.8, 4) is 0 Å². The van der Waals surface area contributed by atoms with Gasteiger partial charge in [-0.3, -0.25) is 9.80 Å². The molecule has 118 valence electrons. The van der Waals surface area contributed by atoms with Gasteiger partial charge in [-0.15, -0.1) is 0 Å². The van der Waals surface area contributed by atoms with E-state index in [1.807, 2.05) is 0 Å². The number of nitrogens with zero attached hydrogens (tertiary/aromatic N) is 2. The van der Waals surface area contributed by atoms with Gasteiger partial charge in [0.2, 0.25) is 0 Å². The summed E-state index contributed by atoms with van der Waals surface area (Å²) in [6.07, 6.45) is 3.00. The molecule has 1 unspecified atom stereocenters. The minimum Gasteiger partial charge on any atom is -0.375 e. The predicted octanol–water partition coefficient (Wildman–Crippen LogP) is 1.42. The lowest BCUT2D eigenvalue weighted by atomic mass is 10.0. The summed E-state index contributed by atoms with van der Waals surface area (Å²) in [4.78, 5) is 5.26. The molecule has 0 amide bonds. The van der Waals surface area contributed by atoms with E-state index in [9.17, 15) is 0 Å². The second kappa shape index (κ2) is 7.74. The number of ether oxygens (including phenoxy) is 1. The third kappa shape index (κ3) is 4.42. The van der Waals surface area contributed by atoms with Crippen molar-refractivity contribution in [3.63, 3.8) is 0 Å². The number of rotatable bonds is 5. The molecular weight excluding hydrogens is 250 g/mol. The zero-order chi connectivity index (χ0) is 14.5. The van der Waals surface area contributed by atoms with Gasteiger partial charge in [0.25, 0.3) is 0 Å². The first-order valence-electron chi connectivity index (χ1n) is 8.35. The second-order valence-electron chi connectivity index (χ2n) is 6.86. The molecule has 4 nitrogen and oxygen atoms in total. The van der Waals surface area contributed by atoms with Crippen molar-refractivity contribution in [1.82, 2.24) is 15.1 Å². The number of hydrogen-bond donors (Lipinski definition) is 1. The summed E-state index contributed by atoms with van der Waals surface area (Å²) < 4.78 is 5.86. The lowest BCUT2D eigenvalue weighted by Crippen LogP contribution is -2.52. The third-order valence-electron chi connectivity index (χ3n) is 5.00. The highest BCUT2D eigenvalue weighted by atomic mass is 16.5. The topological polar surface area (TPSA) is 27.7 Å². The number of piperidine rings is 1. The lowest BCUT2D eigenvalue weighted by Gasteiger charge is -2.40. The summed E-state index contributed by atoms with van der Waals surface area (Å²) in [7, 11) is 2.09. The van der Waals surface area contributed by atoms with Crippen LogP contribution in [0.3, 0.4) is 0 Å². The molecular formula is C16H33N3O. The summed E-state index contributed by atoms with van der Waals surface area (Å²) in [5.41, 5.74) is 0. The van der Waals surface area contributed by atoms with E-state index < -0.39 is 0 Å². The van der Waals surface area contributed by atoms with Crippen molar-refractivity contribution < 1.29 is 4.74 Å². The molecule has 2 atom stereocenters. The molecule has 0 aromatic carbocycles. The number of likely N-dealkylation sites (tertiary alicyclic amines) is 1. The molecule has 2 saturated heterocycles. The van der Waals surface area contributed by atoms with Crippen molar-refractivity contribution in [3.05, 3.63) is 0 Å². The molecule has 1 N–H and O–H groups in total. The molecule has 0 bridgehead atoms. The molecule has 2 aliphatic rings. The zero-order valence-electron chi connectivity index (χ0n) is 13.8. The van der Waals surface area contributed by atoms with E-state index in [-0.39, 0.29) is 0 Å². The normalized spacial score (nSPS) is 28.9. The van der Waals surface area contributed by atoms with Gasteiger partial charge in [-0.2, -0.15) is 0 Å². The molecule has 2 rings (SSSR count). The van der Waals surface area contributed by atoms with Gasteiger partial charge < -0.3 is 10.1 Å². The van der Waals surface area contributed by atoms with Gasteiger partial charge in [0.15, 0.2) is 0 Å². The van der Waals surface area contributed by atoms with E-state index in [2.05, 4.69) is 42.9 Å². The Bertz CT molecular complexity index is 277. The Hall–Kier alpha value is -0.160. The molecule has 2 heterocycles. The van der Waals surface area contributed by atoms with Crippen LogP contribution in [0.4, 0.5) is 0 Å². The quantitative estimate of drug-likeness (QED) is 0.826. The average Bonchev–Trinajstić information content (AvgIpc) is 2.47. The summed E-state index contributed by atoms with van der Waals surface area (Å²) in [5.74, 6) is 0.625. The first kappa shape index (κ1) is 16.2. The van der Waals surface area contributed by atoms with E-state index in [0.29, 0.717) is 18.1 Å². The first-order chi connectivity index (χ1) is 9.60. The standard InChI is InChI=1S/C16H33N3O/c1-13(2)16-12-18(9-10-20-16)11-14(3)19-7-5-15(17-4)6-8-19/h13-17H,5-12H2,1-4H3/t14?,16-/m1/s1. The maximum Gasteiger partial charge on any atom is 0.0725 e. The summed E-state index contributed by atoms with van der Waals surface area (Å²) >= 11 is 0. The lowest BCUT2D eigenvalue weighted by molar-refractivity contribution is -0.0565. The van der Waals surface area contributed by atoms with Crippen molar-refractivity contribution in [1.29, 1.82) is 0 Å². The Morgan fingerprint density at radius 3 is 2.45 bits per heavy atom. The fourth-order valence-electron chi connectivity index (χ4n) is 3.42. The van der Waals surface area contributed by atoms with Gasteiger partial charge in [0.1, 0.15) is 0 Å². The van der Waals surface area contributed by atoms with E-state index >= 15 is 0 Å². The number of morpholine rings is 1. The van der Waals surface area contributed by atoms with Crippen molar-refractivity contribution in [2.24, 2.45) is 5.92 Å². The number of nitrogens with one attached hydrogen (secondary N) is 1. The highest BCUT2D eigenvalue weighted by molar-refractivity contribution is 4.82. The van der Waals surface area contributed by atoms with Crippen LogP contribution in [0.1, 0.15) is 33.6 Å². The number of hydrogen-bond acceptors (Lipinski definition) is 4. The maximum atomic E-state index is 5.86. The van der Waals surface area contributed by atoms with Gasteiger partial charge in [-0.05, 0) is 45.8 Å². The van der Waals surface area contributed by atoms with Crippen molar-refractivity contribution in [2.45, 2.75) is 51.8 Å². The first-order valence-corrected chi connectivity index (χ1v) is 8.35. The molecule has 2 aliphatic heterocycles. The van der Waals surface area contributed by atoms with Crippen molar-refractivity contribution in [2.75, 3.05) is 46.4 Å². The Balaban J connectivity index is 1.75. The average molecular weight is 283 g/mol. The van der Waals surface area contributed by atoms with Crippen LogP contribution in [0.5, 0.6) is 0 Å². The SMILES string of the molecule is CNC1CCN(C(C)CN2CCO[C@@H](C(C)C)C2)CC1. The summed E-state index contributed by atoms with van der Waals surface area (Å²) in [6, 6.07) is 1.39. The second-order valence-corrected chi connectivity index (χ2v) is 6.86. The van der Waals surface area contributed by atoms with E-state index in [0.717, 1.165) is 25.7 Å². The van der Waals surface area contributed by atoms with Crippen molar-refractivity contribution >= 4 is 0 Å². The van der Waals surface area contributed by atoms with Crippen LogP contribution in [0.15, 0.2) is 0 Å². The largest absolute Gasteiger partial charge is 0.375 e. The molecule has 2 fully saturated rings. The van der Waals surface area contributed by atoms with Crippen LogP contribution in [0.25, 0.3) is 0 Å². The molecule has 0 spiro atoms. The molecule has 0 aliphatic carbocycles. The Morgan fingerprint density at radius 1 is 1.15 bits per heavy atom. The fourth-order valence-corrected chi connectivity index (χ4v) is 3.42. The smallest absolute Gasteiger partial charge is 0.0725 e. The van der Waals surface area contributed by atoms with Crippen LogP contribution < -0.4 is 5.32 Å². The minimum atomic E-state index is 0.422. The molecule has 0 saturated carbocycles. The molecule has 0 aromatic rings. The van der Waals surface area contributed by atoms with E-state index in [1.165, 1.54) is 32.5 Å². The van der Waals surface area contributed by atoms with Gasteiger partial charge in [0, 0.05) is 31.7 Å². The monoisotopic (exact) mass is 283 g/mol. The molecule has 20 heavy (non-hydrogen) atoms. The van der Waals surface area contributed by atoms with Crippen LogP contribution in [-0.2, 0) is 4.74 Å². The summed E-state index contributed by atoms with van der Waals surface area (Å²) in [6.45, 7) is 13.7. The highest BCUT2D eigenvalue weighted by Crippen LogP contribution is 2.17. The van der Waals surface area contributed by atoms with Crippen LogP contribution in [0.2, 0.25) is 0 Å². The van der Waals surface area contributed by atoms with Crippen LogP contribution in [0, 0.1) is 5.92 Å². The zero-order valence-corrected chi connectivity index (χ0v) is 13.8. The van der Waals surface area contributed by atoms with Crippen LogP contribution in [-0.4, -0.2) is 74.4 Å². The Labute approximate surface area is 124 Å². The Morgan fingerprint density at radius 2 is 1.85 bits per heavy atom. The maximum absolute atomic E-state index is 5.86. The van der Waals surface area contributed by atoms with E-state index in [1.54, 1.807) is 0 Å². The third-order valence-corrected chi connectivity index (χ3v) is 5.00. The highest BCUT2D eigenvalue weighted by Gasteiger charge is 2.27. The fraction of sp³-hybridized carbons (Fsp3) is 1.00. The van der Waals surface area contributed by atoms with E-state index in [4.69, 9.17) is 4.74 Å². The summed E-state index contributed by atoms with van der Waals surface area (Å²) in [5, 5.41) is 3.41. The van der Waals surface area contributed by atoms with Gasteiger partial charge in [-0.1, -0.05) is 13.8 Å². The van der Waals surface area contributed by atoms with Gasteiger partial charge in [-0.25, -0.2) is 0 Å². The molecule has 4 heteroatoms. The van der Waals surface area contributed by atoms with Gasteiger partial charge >= 0.3 is 0 Å². The minimum absolute atomic E-state index is 0.422. The van der Waals surface area contributed by atoms with Gasteiger partial charge in [0.05, 0.1) is 12.7 Å². The molecule has 0 aromatic heterocycles. The van der Waals surface area contributed by atoms with Crippen LogP contribution >= 0.6 is 0 Å². The predicted molar refractivity (Wildman–Crippen MR) is 84.1 cm³/mol. The molecule has 0 radical (unpaired) electrons.